The van der Waals surface area contributed by atoms with E-state index in [2.05, 4.69) is 42.3 Å². The lowest BCUT2D eigenvalue weighted by Crippen LogP contribution is -2.40. The third-order valence-electron chi connectivity index (χ3n) is 4.21. The molecule has 1 aliphatic rings. The Balaban J connectivity index is 2.09. The third kappa shape index (κ3) is 2.56. The Bertz CT molecular complexity index is 660. The van der Waals surface area contributed by atoms with Gasteiger partial charge in [0.15, 0.2) is 0 Å². The van der Waals surface area contributed by atoms with E-state index in [1.165, 1.54) is 23.6 Å². The molecule has 0 spiro atoms. The molecule has 2 unspecified atom stereocenters. The topological polar surface area (TPSA) is 54.1 Å². The fraction of sp³-hybridized carbons (Fsp3) is 0.471. The minimum Gasteiger partial charge on any atom is -0.468 e. The number of carbonyl (C=O) groups excluding carboxylic acids is 1. The molecule has 1 aliphatic heterocycles. The number of methoxy groups -OCH3 is 1. The Morgan fingerprint density at radius 2 is 2.24 bits per heavy atom. The summed E-state index contributed by atoms with van der Waals surface area (Å²) in [4.78, 5) is 15.4. The molecule has 4 heteroatoms. The van der Waals surface area contributed by atoms with E-state index < -0.39 is 0 Å². The maximum absolute atomic E-state index is 12.0. The monoisotopic (exact) mass is 286 g/mol. The SMILES string of the molecule is COC(=O)C1Cc2c[nH]c3cccc(c23)C(CC(C)C)N1. The van der Waals surface area contributed by atoms with Crippen molar-refractivity contribution in [1.82, 2.24) is 10.3 Å². The number of H-pyrrole nitrogens is 1. The van der Waals surface area contributed by atoms with E-state index in [4.69, 9.17) is 4.74 Å². The van der Waals surface area contributed by atoms with Crippen LogP contribution in [-0.4, -0.2) is 24.1 Å². The first-order valence-corrected chi connectivity index (χ1v) is 7.53. The molecule has 0 radical (unpaired) electrons. The van der Waals surface area contributed by atoms with E-state index in [0.29, 0.717) is 12.3 Å². The highest BCUT2D eigenvalue weighted by Gasteiger charge is 2.30. The first-order chi connectivity index (χ1) is 10.1. The zero-order chi connectivity index (χ0) is 15.0. The Morgan fingerprint density at radius 3 is 2.95 bits per heavy atom. The molecule has 3 rings (SSSR count). The van der Waals surface area contributed by atoms with Crippen LogP contribution in [0.3, 0.4) is 0 Å². The highest BCUT2D eigenvalue weighted by molar-refractivity contribution is 5.89. The van der Waals surface area contributed by atoms with Gasteiger partial charge in [0.1, 0.15) is 6.04 Å². The number of hydrogen-bond donors (Lipinski definition) is 2. The number of nitrogens with one attached hydrogen (secondary N) is 2. The maximum Gasteiger partial charge on any atom is 0.323 e. The first-order valence-electron chi connectivity index (χ1n) is 7.53. The van der Waals surface area contributed by atoms with Crippen molar-refractivity contribution < 1.29 is 9.53 Å². The number of rotatable bonds is 3. The summed E-state index contributed by atoms with van der Waals surface area (Å²) >= 11 is 0. The molecule has 0 aliphatic carbocycles. The largest absolute Gasteiger partial charge is 0.468 e. The number of benzene rings is 1. The Kier molecular flexibility index (Phi) is 3.72. The van der Waals surface area contributed by atoms with Crippen molar-refractivity contribution in [3.8, 4) is 0 Å². The predicted octanol–water partition coefficient (Wildman–Crippen LogP) is 2.94. The van der Waals surface area contributed by atoms with Crippen molar-refractivity contribution in [1.29, 1.82) is 0 Å². The number of ether oxygens (including phenoxy) is 1. The van der Waals surface area contributed by atoms with Crippen molar-refractivity contribution in [2.24, 2.45) is 5.92 Å². The summed E-state index contributed by atoms with van der Waals surface area (Å²) in [7, 11) is 1.45. The Morgan fingerprint density at radius 1 is 1.43 bits per heavy atom. The summed E-state index contributed by atoms with van der Waals surface area (Å²) in [6.07, 6.45) is 3.68. The molecular formula is C17H22N2O2. The van der Waals surface area contributed by atoms with Crippen LogP contribution in [0.4, 0.5) is 0 Å². The van der Waals surface area contributed by atoms with Crippen LogP contribution in [0, 0.1) is 5.92 Å². The van der Waals surface area contributed by atoms with E-state index in [-0.39, 0.29) is 18.1 Å². The molecule has 4 nitrogen and oxygen atoms in total. The number of esters is 1. The van der Waals surface area contributed by atoms with E-state index in [9.17, 15) is 4.79 Å². The van der Waals surface area contributed by atoms with Crippen molar-refractivity contribution in [3.05, 3.63) is 35.5 Å². The van der Waals surface area contributed by atoms with Crippen LogP contribution in [-0.2, 0) is 16.0 Å². The van der Waals surface area contributed by atoms with Gasteiger partial charge in [-0.05, 0) is 29.5 Å². The van der Waals surface area contributed by atoms with Crippen molar-refractivity contribution >= 4 is 16.9 Å². The van der Waals surface area contributed by atoms with Crippen LogP contribution in [0.25, 0.3) is 10.9 Å². The molecular weight excluding hydrogens is 264 g/mol. The Hall–Kier alpha value is -1.81. The average molecular weight is 286 g/mol. The van der Waals surface area contributed by atoms with Gasteiger partial charge in [-0.25, -0.2) is 0 Å². The highest BCUT2D eigenvalue weighted by Crippen LogP contribution is 2.34. The number of aromatic amines is 1. The standard InChI is InChI=1S/C17H22N2O2/c1-10(2)7-14-12-5-4-6-13-16(12)11(9-18-13)8-15(19-14)17(20)21-3/h4-6,9-10,14-15,18-19H,7-8H2,1-3H3. The summed E-state index contributed by atoms with van der Waals surface area (Å²) in [6.45, 7) is 4.41. The molecule has 2 heterocycles. The lowest BCUT2D eigenvalue weighted by atomic mass is 9.94. The molecule has 0 amide bonds. The second-order valence-corrected chi connectivity index (χ2v) is 6.21. The number of aromatic nitrogens is 1. The fourth-order valence-corrected chi connectivity index (χ4v) is 3.31. The molecule has 2 N–H and O–H groups in total. The third-order valence-corrected chi connectivity index (χ3v) is 4.21. The van der Waals surface area contributed by atoms with Gasteiger partial charge in [0.2, 0.25) is 0 Å². The average Bonchev–Trinajstić information content (AvgIpc) is 2.80. The van der Waals surface area contributed by atoms with Gasteiger partial charge in [-0.15, -0.1) is 0 Å². The molecule has 21 heavy (non-hydrogen) atoms. The summed E-state index contributed by atoms with van der Waals surface area (Å²) in [6, 6.07) is 6.22. The molecule has 0 saturated carbocycles. The van der Waals surface area contributed by atoms with Crippen LogP contribution in [0.15, 0.2) is 24.4 Å². The molecule has 0 bridgehead atoms. The zero-order valence-electron chi connectivity index (χ0n) is 12.8. The Labute approximate surface area is 124 Å². The van der Waals surface area contributed by atoms with Crippen molar-refractivity contribution in [3.63, 3.8) is 0 Å². The van der Waals surface area contributed by atoms with Crippen molar-refractivity contribution in [2.75, 3.05) is 7.11 Å². The van der Waals surface area contributed by atoms with Gasteiger partial charge in [0, 0.05) is 29.6 Å². The summed E-state index contributed by atoms with van der Waals surface area (Å²) in [5, 5.41) is 4.77. The van der Waals surface area contributed by atoms with Crippen LogP contribution >= 0.6 is 0 Å². The van der Waals surface area contributed by atoms with Gasteiger partial charge >= 0.3 is 5.97 Å². The van der Waals surface area contributed by atoms with E-state index in [0.717, 1.165) is 11.9 Å². The molecule has 1 aromatic heterocycles. The van der Waals surface area contributed by atoms with Gasteiger partial charge in [0.25, 0.3) is 0 Å². The number of hydrogen-bond acceptors (Lipinski definition) is 3. The van der Waals surface area contributed by atoms with Crippen LogP contribution in [0.1, 0.15) is 37.4 Å². The van der Waals surface area contributed by atoms with Crippen LogP contribution in [0.2, 0.25) is 0 Å². The second kappa shape index (κ2) is 5.53. The first kappa shape index (κ1) is 14.1. The summed E-state index contributed by atoms with van der Waals surface area (Å²) in [5.41, 5.74) is 3.61. The predicted molar refractivity (Wildman–Crippen MR) is 83.1 cm³/mol. The van der Waals surface area contributed by atoms with Gasteiger partial charge in [-0.2, -0.15) is 0 Å². The summed E-state index contributed by atoms with van der Waals surface area (Å²) in [5.74, 6) is 0.363. The highest BCUT2D eigenvalue weighted by atomic mass is 16.5. The van der Waals surface area contributed by atoms with E-state index >= 15 is 0 Å². The van der Waals surface area contributed by atoms with Gasteiger partial charge < -0.3 is 9.72 Å². The molecule has 1 aromatic carbocycles. The molecule has 2 atom stereocenters. The lowest BCUT2D eigenvalue weighted by molar-refractivity contribution is -0.143. The molecule has 112 valence electrons. The molecule has 2 aromatic rings. The second-order valence-electron chi connectivity index (χ2n) is 6.21. The minimum atomic E-state index is -0.287. The van der Waals surface area contributed by atoms with Gasteiger partial charge in [-0.1, -0.05) is 26.0 Å². The maximum atomic E-state index is 12.0. The van der Waals surface area contributed by atoms with E-state index in [1.807, 2.05) is 6.20 Å². The zero-order valence-corrected chi connectivity index (χ0v) is 12.8. The fourth-order valence-electron chi connectivity index (χ4n) is 3.31. The van der Waals surface area contributed by atoms with Gasteiger partial charge in [0.05, 0.1) is 7.11 Å². The quantitative estimate of drug-likeness (QED) is 0.853. The van der Waals surface area contributed by atoms with E-state index in [1.54, 1.807) is 0 Å². The summed E-state index contributed by atoms with van der Waals surface area (Å²) < 4.78 is 4.96. The minimum absolute atomic E-state index is 0.176. The smallest absolute Gasteiger partial charge is 0.323 e. The van der Waals surface area contributed by atoms with Gasteiger partial charge in [-0.3, -0.25) is 10.1 Å². The molecule has 0 saturated heterocycles. The van der Waals surface area contributed by atoms with Crippen LogP contribution in [0.5, 0.6) is 0 Å². The van der Waals surface area contributed by atoms with Crippen molar-refractivity contribution in [2.45, 2.75) is 38.8 Å². The number of carbonyl (C=O) groups is 1. The normalized spacial score (nSPS) is 21.5. The van der Waals surface area contributed by atoms with Crippen LogP contribution < -0.4 is 5.32 Å². The molecule has 0 fully saturated rings. The lowest BCUT2D eigenvalue weighted by Gasteiger charge is -2.24.